The van der Waals surface area contributed by atoms with E-state index in [0.717, 1.165) is 0 Å². The van der Waals surface area contributed by atoms with Gasteiger partial charge < -0.3 is 5.73 Å². The highest BCUT2D eigenvalue weighted by Crippen LogP contribution is 2.19. The first-order valence-corrected chi connectivity index (χ1v) is 3.53. The molecule has 2 N–H and O–H groups in total. The summed E-state index contributed by atoms with van der Waals surface area (Å²) in [7, 11) is 0. The lowest BCUT2D eigenvalue weighted by Gasteiger charge is -2.04. The Kier molecular flexibility index (Phi) is 2.73. The average Bonchev–Trinajstić information content (AvgIpc) is 2.09. The molecule has 2 nitrogen and oxygen atoms in total. The molecule has 0 fully saturated rings. The van der Waals surface area contributed by atoms with Gasteiger partial charge in [0, 0.05) is 11.6 Å². The molecule has 1 rings (SSSR count). The fourth-order valence-electron chi connectivity index (χ4n) is 0.952. The van der Waals surface area contributed by atoms with Crippen molar-refractivity contribution in [1.29, 1.82) is 0 Å². The molecule has 76 valence electrons. The summed E-state index contributed by atoms with van der Waals surface area (Å²) in [4.78, 5) is 10.3. The van der Waals surface area contributed by atoms with Crippen molar-refractivity contribution in [2.75, 3.05) is 0 Å². The minimum absolute atomic E-state index is 0.0646. The zero-order chi connectivity index (χ0) is 10.9. The number of carbonyl (C=O) groups excluding carboxylic acids is 1. The molecule has 0 atom stereocenters. The van der Waals surface area contributed by atoms with E-state index in [9.17, 15) is 22.4 Å². The van der Waals surface area contributed by atoms with Crippen LogP contribution in [-0.4, -0.2) is 5.91 Å². The van der Waals surface area contributed by atoms with Crippen LogP contribution in [0.2, 0.25) is 0 Å². The Balaban J connectivity index is 3.31. The molecule has 6 heteroatoms. The highest BCUT2D eigenvalue weighted by molar-refractivity contribution is 5.76. The molecule has 0 aliphatic heterocycles. The molecule has 0 radical (unpaired) electrons. The summed E-state index contributed by atoms with van der Waals surface area (Å²) in [6.07, 6.45) is -0.883. The van der Waals surface area contributed by atoms with Crippen LogP contribution in [0.25, 0.3) is 0 Å². The number of rotatable bonds is 2. The number of amides is 1. The minimum atomic E-state index is -1.59. The Morgan fingerprint density at radius 1 is 1.14 bits per heavy atom. The van der Waals surface area contributed by atoms with Gasteiger partial charge in [-0.1, -0.05) is 0 Å². The number of hydrogen-bond donors (Lipinski definition) is 1. The number of carbonyl (C=O) groups is 1. The maximum atomic E-state index is 12.8. The second-order valence-corrected chi connectivity index (χ2v) is 2.59. The second kappa shape index (κ2) is 3.65. The molecule has 0 unspecified atom stereocenters. The highest BCUT2D eigenvalue weighted by Gasteiger charge is 2.19. The van der Waals surface area contributed by atoms with Crippen molar-refractivity contribution >= 4 is 5.91 Å². The second-order valence-electron chi connectivity index (χ2n) is 2.59. The molecule has 1 amide bonds. The van der Waals surface area contributed by atoms with Gasteiger partial charge in [-0.25, -0.2) is 17.6 Å². The average molecular weight is 207 g/mol. The molecule has 0 saturated heterocycles. The third kappa shape index (κ3) is 1.84. The van der Waals surface area contributed by atoms with Crippen molar-refractivity contribution < 1.29 is 22.4 Å². The van der Waals surface area contributed by atoms with Gasteiger partial charge in [0.25, 0.3) is 0 Å². The zero-order valence-electron chi connectivity index (χ0n) is 6.78. The van der Waals surface area contributed by atoms with Gasteiger partial charge in [-0.3, -0.25) is 4.79 Å². The first kappa shape index (κ1) is 10.5. The highest BCUT2D eigenvalue weighted by atomic mass is 19.2. The molecule has 0 bridgehead atoms. The van der Waals surface area contributed by atoms with Crippen LogP contribution in [0.5, 0.6) is 0 Å². The van der Waals surface area contributed by atoms with Crippen LogP contribution in [0, 0.1) is 23.3 Å². The predicted octanol–water partition coefficient (Wildman–Crippen LogP) is 1.27. The van der Waals surface area contributed by atoms with Crippen molar-refractivity contribution in [3.8, 4) is 0 Å². The van der Waals surface area contributed by atoms with E-state index >= 15 is 0 Å². The summed E-state index contributed by atoms with van der Waals surface area (Å²) in [5.41, 5.74) is 3.65. The fraction of sp³-hybridized carbons (Fsp3) is 0.125. The lowest BCUT2D eigenvalue weighted by atomic mass is 10.1. The largest absolute Gasteiger partial charge is 0.369 e. The van der Waals surface area contributed by atoms with E-state index in [1.54, 1.807) is 0 Å². The van der Waals surface area contributed by atoms with E-state index in [2.05, 4.69) is 5.73 Å². The van der Waals surface area contributed by atoms with E-state index in [4.69, 9.17) is 0 Å². The van der Waals surface area contributed by atoms with Gasteiger partial charge in [0.15, 0.2) is 23.3 Å². The number of benzene rings is 1. The van der Waals surface area contributed by atoms with Crippen LogP contribution in [0.15, 0.2) is 6.07 Å². The van der Waals surface area contributed by atoms with Crippen LogP contribution in [-0.2, 0) is 11.2 Å². The third-order valence-corrected chi connectivity index (χ3v) is 1.55. The van der Waals surface area contributed by atoms with Crippen LogP contribution >= 0.6 is 0 Å². The van der Waals surface area contributed by atoms with Gasteiger partial charge in [0.2, 0.25) is 5.91 Å². The van der Waals surface area contributed by atoms with Crippen molar-refractivity contribution in [3.05, 3.63) is 34.9 Å². The molecule has 0 aliphatic rings. The van der Waals surface area contributed by atoms with Crippen LogP contribution < -0.4 is 5.73 Å². The fourth-order valence-corrected chi connectivity index (χ4v) is 0.952. The van der Waals surface area contributed by atoms with E-state index in [1.807, 2.05) is 0 Å². The Hall–Kier alpha value is -1.59. The number of hydrogen-bond acceptors (Lipinski definition) is 1. The van der Waals surface area contributed by atoms with Gasteiger partial charge in [-0.05, 0) is 0 Å². The minimum Gasteiger partial charge on any atom is -0.369 e. The summed E-state index contributed by atoms with van der Waals surface area (Å²) < 4.78 is 50.7. The van der Waals surface area contributed by atoms with E-state index < -0.39 is 41.2 Å². The monoisotopic (exact) mass is 207 g/mol. The number of nitrogens with two attached hydrogens (primary N) is 1. The molecule has 0 aromatic heterocycles. The van der Waals surface area contributed by atoms with Gasteiger partial charge in [0.05, 0.1) is 6.42 Å². The summed E-state index contributed by atoms with van der Waals surface area (Å²) >= 11 is 0. The molecule has 0 saturated carbocycles. The van der Waals surface area contributed by atoms with E-state index in [0.29, 0.717) is 0 Å². The lowest BCUT2D eigenvalue weighted by Crippen LogP contribution is -2.17. The number of primary amides is 1. The molecule has 0 spiro atoms. The van der Waals surface area contributed by atoms with E-state index in [-0.39, 0.29) is 6.07 Å². The first-order valence-electron chi connectivity index (χ1n) is 3.53. The Labute approximate surface area is 76.3 Å². The molecule has 0 aliphatic carbocycles. The normalized spacial score (nSPS) is 10.3. The predicted molar refractivity (Wildman–Crippen MR) is 39.2 cm³/mol. The molecular weight excluding hydrogens is 202 g/mol. The molecular formula is C8H5F4NO. The van der Waals surface area contributed by atoms with Crippen LogP contribution in [0.3, 0.4) is 0 Å². The zero-order valence-corrected chi connectivity index (χ0v) is 6.78. The molecule has 1 aromatic carbocycles. The number of halogens is 4. The molecule has 1 aromatic rings. The standard InChI is InChI=1S/C8H5F4NO/c9-4-2-5(10)8(12)3(7(4)11)1-6(13)14/h2H,1H2,(H2,13,14). The van der Waals surface area contributed by atoms with Crippen molar-refractivity contribution in [1.82, 2.24) is 0 Å². The topological polar surface area (TPSA) is 43.1 Å². The smallest absolute Gasteiger partial charge is 0.222 e. The molecule has 0 heterocycles. The summed E-state index contributed by atoms with van der Waals surface area (Å²) in [6.45, 7) is 0. The van der Waals surface area contributed by atoms with Crippen LogP contribution in [0.1, 0.15) is 5.56 Å². The SMILES string of the molecule is NC(=O)Cc1c(F)c(F)cc(F)c1F. The maximum absolute atomic E-state index is 12.8. The summed E-state index contributed by atoms with van der Waals surface area (Å²) in [5, 5.41) is 0. The van der Waals surface area contributed by atoms with E-state index in [1.165, 1.54) is 0 Å². The van der Waals surface area contributed by atoms with Crippen molar-refractivity contribution in [3.63, 3.8) is 0 Å². The Morgan fingerprint density at radius 2 is 1.57 bits per heavy atom. The summed E-state index contributed by atoms with van der Waals surface area (Å²) in [6, 6.07) is 0.0646. The van der Waals surface area contributed by atoms with Crippen molar-refractivity contribution in [2.24, 2.45) is 5.73 Å². The van der Waals surface area contributed by atoms with Gasteiger partial charge in [0.1, 0.15) is 0 Å². The summed E-state index contributed by atoms with van der Waals surface area (Å²) in [5.74, 6) is -7.38. The van der Waals surface area contributed by atoms with Crippen molar-refractivity contribution in [2.45, 2.75) is 6.42 Å². The van der Waals surface area contributed by atoms with Gasteiger partial charge in [-0.15, -0.1) is 0 Å². The maximum Gasteiger partial charge on any atom is 0.222 e. The van der Waals surface area contributed by atoms with Gasteiger partial charge >= 0.3 is 0 Å². The molecule has 14 heavy (non-hydrogen) atoms. The van der Waals surface area contributed by atoms with Crippen LogP contribution in [0.4, 0.5) is 17.6 Å². The Bertz CT molecular complexity index is 365. The Morgan fingerprint density at radius 3 is 1.93 bits per heavy atom. The quantitative estimate of drug-likeness (QED) is 0.576. The first-order chi connectivity index (χ1) is 6.43. The van der Waals surface area contributed by atoms with Gasteiger partial charge in [-0.2, -0.15) is 0 Å². The lowest BCUT2D eigenvalue weighted by molar-refractivity contribution is -0.117. The third-order valence-electron chi connectivity index (χ3n) is 1.55.